The smallest absolute Gasteiger partial charge is 0.343 e. The fourth-order valence-corrected chi connectivity index (χ4v) is 2.71. The maximum Gasteiger partial charge on any atom is 0.343 e. The van der Waals surface area contributed by atoms with Crippen molar-refractivity contribution in [2.45, 2.75) is 31.7 Å². The summed E-state index contributed by atoms with van der Waals surface area (Å²) in [7, 11) is 1.26. The second kappa shape index (κ2) is 4.53. The summed E-state index contributed by atoms with van der Waals surface area (Å²) >= 11 is 0. The first kappa shape index (κ1) is 12.0. The molecule has 3 rings (SSSR count). The van der Waals surface area contributed by atoms with Gasteiger partial charge in [-0.3, -0.25) is 4.79 Å². The Morgan fingerprint density at radius 1 is 1.47 bits per heavy atom. The normalized spacial score (nSPS) is 16.1. The molecule has 0 spiro atoms. The van der Waals surface area contributed by atoms with E-state index in [9.17, 15) is 9.59 Å². The minimum Gasteiger partial charge on any atom is -0.465 e. The Bertz CT molecular complexity index is 680. The number of methoxy groups -OCH3 is 1. The standard InChI is InChI=1S/C13H15N3O3/c1-19-13(18)10-6-14-12-9(11(10)17)7-15-16(12)8-4-2-3-5-8/h6-8H,2-5H2,1H3,(H,14,17). The summed E-state index contributed by atoms with van der Waals surface area (Å²) in [4.78, 5) is 26.7. The van der Waals surface area contributed by atoms with Gasteiger partial charge in [0.05, 0.1) is 24.7 Å². The van der Waals surface area contributed by atoms with E-state index in [-0.39, 0.29) is 11.0 Å². The molecule has 0 aromatic carbocycles. The molecule has 1 saturated carbocycles. The lowest BCUT2D eigenvalue weighted by molar-refractivity contribution is 0.0599. The van der Waals surface area contributed by atoms with Gasteiger partial charge in [0.25, 0.3) is 0 Å². The Kier molecular flexibility index (Phi) is 2.85. The molecule has 2 heterocycles. The lowest BCUT2D eigenvalue weighted by atomic mass is 10.2. The van der Waals surface area contributed by atoms with Crippen molar-refractivity contribution in [2.24, 2.45) is 0 Å². The van der Waals surface area contributed by atoms with Gasteiger partial charge >= 0.3 is 5.97 Å². The molecule has 2 aromatic heterocycles. The van der Waals surface area contributed by atoms with Crippen LogP contribution in [0.4, 0.5) is 0 Å². The van der Waals surface area contributed by atoms with Crippen molar-refractivity contribution in [3.63, 3.8) is 0 Å². The first-order chi connectivity index (χ1) is 9.22. The van der Waals surface area contributed by atoms with Gasteiger partial charge in [-0.15, -0.1) is 0 Å². The number of nitrogens with one attached hydrogen (secondary N) is 1. The van der Waals surface area contributed by atoms with Gasteiger partial charge in [-0.1, -0.05) is 12.8 Å². The Morgan fingerprint density at radius 2 is 2.21 bits per heavy atom. The molecule has 0 bridgehead atoms. The van der Waals surface area contributed by atoms with Crippen molar-refractivity contribution >= 4 is 17.0 Å². The number of fused-ring (bicyclic) bond motifs is 1. The molecule has 6 heteroatoms. The van der Waals surface area contributed by atoms with E-state index in [2.05, 4.69) is 14.8 Å². The minimum atomic E-state index is -0.628. The lowest BCUT2D eigenvalue weighted by Crippen LogP contribution is -2.17. The summed E-state index contributed by atoms with van der Waals surface area (Å²) in [5.74, 6) is -0.628. The molecule has 2 aromatic rings. The molecule has 1 aliphatic carbocycles. The highest BCUT2D eigenvalue weighted by molar-refractivity contribution is 5.92. The monoisotopic (exact) mass is 261 g/mol. The molecule has 0 radical (unpaired) electrons. The molecular weight excluding hydrogens is 246 g/mol. The number of hydrogen-bond acceptors (Lipinski definition) is 4. The van der Waals surface area contributed by atoms with Crippen LogP contribution in [0.1, 0.15) is 42.1 Å². The Morgan fingerprint density at radius 3 is 2.89 bits per heavy atom. The second-order valence-electron chi connectivity index (χ2n) is 4.81. The number of carbonyl (C=O) groups excluding carboxylic acids is 1. The van der Waals surface area contributed by atoms with Crippen LogP contribution in [0.15, 0.2) is 17.2 Å². The number of nitrogens with zero attached hydrogens (tertiary/aromatic N) is 2. The number of aromatic nitrogens is 3. The molecule has 1 aliphatic rings. The zero-order valence-electron chi connectivity index (χ0n) is 10.7. The summed E-state index contributed by atoms with van der Waals surface area (Å²) in [6, 6.07) is 0.345. The topological polar surface area (TPSA) is 77.0 Å². The zero-order chi connectivity index (χ0) is 13.4. The third kappa shape index (κ3) is 1.83. The first-order valence-electron chi connectivity index (χ1n) is 6.39. The third-order valence-electron chi connectivity index (χ3n) is 3.71. The lowest BCUT2D eigenvalue weighted by Gasteiger charge is -2.10. The van der Waals surface area contributed by atoms with E-state index in [0.717, 1.165) is 12.8 Å². The van der Waals surface area contributed by atoms with Crippen molar-refractivity contribution in [3.05, 3.63) is 28.2 Å². The Hall–Kier alpha value is -2.11. The van der Waals surface area contributed by atoms with Crippen LogP contribution in [0.5, 0.6) is 0 Å². The van der Waals surface area contributed by atoms with E-state index in [1.54, 1.807) is 0 Å². The summed E-state index contributed by atoms with van der Waals surface area (Å²) in [6.45, 7) is 0. The van der Waals surface area contributed by atoms with Crippen LogP contribution in [0.3, 0.4) is 0 Å². The number of H-pyrrole nitrogens is 1. The number of rotatable bonds is 2. The van der Waals surface area contributed by atoms with E-state index in [1.807, 2.05) is 4.68 Å². The molecule has 0 aliphatic heterocycles. The van der Waals surface area contributed by atoms with Gasteiger partial charge in [-0.05, 0) is 12.8 Å². The highest BCUT2D eigenvalue weighted by Gasteiger charge is 2.22. The summed E-state index contributed by atoms with van der Waals surface area (Å²) < 4.78 is 6.45. The minimum absolute atomic E-state index is 0.0148. The SMILES string of the molecule is COC(=O)c1c[nH]c2c(cnn2C2CCCC2)c1=O. The van der Waals surface area contributed by atoms with Crippen molar-refractivity contribution < 1.29 is 9.53 Å². The van der Waals surface area contributed by atoms with Crippen LogP contribution in [-0.4, -0.2) is 27.8 Å². The van der Waals surface area contributed by atoms with Gasteiger partial charge in [0, 0.05) is 6.20 Å². The van der Waals surface area contributed by atoms with Gasteiger partial charge in [0.15, 0.2) is 0 Å². The molecule has 0 amide bonds. The first-order valence-corrected chi connectivity index (χ1v) is 6.39. The largest absolute Gasteiger partial charge is 0.465 e. The fourth-order valence-electron chi connectivity index (χ4n) is 2.71. The van der Waals surface area contributed by atoms with Crippen LogP contribution in [0, 0.1) is 0 Å². The second-order valence-corrected chi connectivity index (χ2v) is 4.81. The Labute approximate surface area is 109 Å². The van der Waals surface area contributed by atoms with E-state index in [4.69, 9.17) is 0 Å². The van der Waals surface area contributed by atoms with E-state index in [1.165, 1.54) is 32.3 Å². The summed E-state index contributed by atoms with van der Waals surface area (Å²) in [6.07, 6.45) is 7.48. The predicted octanol–water partition coefficient (Wildman–Crippen LogP) is 1.63. The quantitative estimate of drug-likeness (QED) is 0.833. The third-order valence-corrected chi connectivity index (χ3v) is 3.71. The van der Waals surface area contributed by atoms with Gasteiger partial charge < -0.3 is 9.72 Å². The highest BCUT2D eigenvalue weighted by Crippen LogP contribution is 2.30. The summed E-state index contributed by atoms with van der Waals surface area (Å²) in [5, 5.41) is 4.74. The average molecular weight is 261 g/mol. The molecule has 0 atom stereocenters. The number of pyridine rings is 1. The van der Waals surface area contributed by atoms with Crippen LogP contribution in [-0.2, 0) is 4.74 Å². The van der Waals surface area contributed by atoms with E-state index in [0.29, 0.717) is 17.1 Å². The zero-order valence-corrected chi connectivity index (χ0v) is 10.7. The molecule has 0 saturated heterocycles. The predicted molar refractivity (Wildman–Crippen MR) is 69.2 cm³/mol. The Balaban J connectivity index is 2.13. The number of carbonyl (C=O) groups is 1. The fraction of sp³-hybridized carbons (Fsp3) is 0.462. The van der Waals surface area contributed by atoms with Crippen LogP contribution in [0.25, 0.3) is 11.0 Å². The molecule has 100 valence electrons. The molecule has 6 nitrogen and oxygen atoms in total. The van der Waals surface area contributed by atoms with Crippen molar-refractivity contribution in [1.82, 2.24) is 14.8 Å². The molecule has 19 heavy (non-hydrogen) atoms. The van der Waals surface area contributed by atoms with Crippen LogP contribution in [0.2, 0.25) is 0 Å². The number of aromatic amines is 1. The van der Waals surface area contributed by atoms with Gasteiger partial charge in [-0.2, -0.15) is 5.10 Å². The van der Waals surface area contributed by atoms with Gasteiger partial charge in [0.2, 0.25) is 5.43 Å². The van der Waals surface area contributed by atoms with Crippen LogP contribution < -0.4 is 5.43 Å². The van der Waals surface area contributed by atoms with Crippen molar-refractivity contribution in [1.29, 1.82) is 0 Å². The summed E-state index contributed by atoms with van der Waals surface area (Å²) in [5.41, 5.74) is 0.371. The van der Waals surface area contributed by atoms with Gasteiger partial charge in [0.1, 0.15) is 11.2 Å². The molecule has 1 N–H and O–H groups in total. The number of esters is 1. The highest BCUT2D eigenvalue weighted by atomic mass is 16.5. The van der Waals surface area contributed by atoms with E-state index >= 15 is 0 Å². The van der Waals surface area contributed by atoms with Gasteiger partial charge in [-0.25, -0.2) is 9.48 Å². The maximum atomic E-state index is 12.2. The molecular formula is C13H15N3O3. The maximum absolute atomic E-state index is 12.2. The molecule has 0 unspecified atom stereocenters. The molecule has 1 fully saturated rings. The van der Waals surface area contributed by atoms with Crippen LogP contribution >= 0.6 is 0 Å². The number of ether oxygens (including phenoxy) is 1. The average Bonchev–Trinajstić information content (AvgIpc) is 3.06. The number of hydrogen-bond donors (Lipinski definition) is 1. The van der Waals surface area contributed by atoms with Crippen molar-refractivity contribution in [3.8, 4) is 0 Å². The van der Waals surface area contributed by atoms with Crippen molar-refractivity contribution in [2.75, 3.05) is 7.11 Å². The van der Waals surface area contributed by atoms with E-state index < -0.39 is 5.97 Å².